The lowest BCUT2D eigenvalue weighted by atomic mass is 9.68. The standard InChI is InChI=1S/C26H23FN2OS/c1-26-14-17-15-28-29(20-9-7-19(27)8-10-20)22(17)13-18(26)6-11-21(26)25(30)24-12-16-4-2-3-5-23(16)31-24/h2-5,7-10,12-13,15,21,25,30H,6,11,14H2,1H3/t21-,25+,26+/m1/s1. The van der Waals surface area contributed by atoms with Gasteiger partial charge in [0.15, 0.2) is 0 Å². The van der Waals surface area contributed by atoms with E-state index in [0.29, 0.717) is 0 Å². The van der Waals surface area contributed by atoms with Crippen LogP contribution in [0.5, 0.6) is 0 Å². The van der Waals surface area contributed by atoms with E-state index in [-0.39, 0.29) is 17.2 Å². The summed E-state index contributed by atoms with van der Waals surface area (Å²) < 4.78 is 16.5. The van der Waals surface area contributed by atoms with Gasteiger partial charge in [0.1, 0.15) is 5.82 Å². The van der Waals surface area contributed by atoms with E-state index in [1.807, 2.05) is 23.0 Å². The molecule has 2 aliphatic rings. The second-order valence-electron chi connectivity index (χ2n) is 8.98. The van der Waals surface area contributed by atoms with Gasteiger partial charge in [-0.1, -0.05) is 30.7 Å². The molecular weight excluding hydrogens is 407 g/mol. The summed E-state index contributed by atoms with van der Waals surface area (Å²) in [5, 5.41) is 17.2. The third-order valence-corrected chi connectivity index (χ3v) is 8.41. The third kappa shape index (κ3) is 2.91. The van der Waals surface area contributed by atoms with Crippen LogP contribution in [-0.2, 0) is 6.42 Å². The van der Waals surface area contributed by atoms with Crippen molar-refractivity contribution in [3.63, 3.8) is 0 Å². The number of halogens is 1. The number of allylic oxidation sites excluding steroid dienone is 1. The van der Waals surface area contributed by atoms with Crippen LogP contribution in [0.4, 0.5) is 4.39 Å². The Labute approximate surface area is 184 Å². The Kier molecular flexibility index (Phi) is 4.20. The molecule has 3 nitrogen and oxygen atoms in total. The number of nitrogens with zero attached hydrogens (tertiary/aromatic N) is 2. The van der Waals surface area contributed by atoms with Crippen molar-refractivity contribution in [3.8, 4) is 5.69 Å². The number of fused-ring (bicyclic) bond motifs is 3. The molecule has 1 saturated carbocycles. The lowest BCUT2D eigenvalue weighted by Gasteiger charge is -2.38. The summed E-state index contributed by atoms with van der Waals surface area (Å²) in [4.78, 5) is 1.06. The van der Waals surface area contributed by atoms with Gasteiger partial charge in [-0.15, -0.1) is 11.3 Å². The summed E-state index contributed by atoms with van der Waals surface area (Å²) in [5.41, 5.74) is 4.43. The molecule has 2 heterocycles. The van der Waals surface area contributed by atoms with Crippen molar-refractivity contribution in [2.24, 2.45) is 11.3 Å². The predicted octanol–water partition coefficient (Wildman–Crippen LogP) is 6.32. The highest BCUT2D eigenvalue weighted by Gasteiger charge is 2.48. The first kappa shape index (κ1) is 19.0. The average molecular weight is 431 g/mol. The van der Waals surface area contributed by atoms with Crippen LogP contribution < -0.4 is 0 Å². The van der Waals surface area contributed by atoms with Gasteiger partial charge in [0.2, 0.25) is 0 Å². The molecule has 0 bridgehead atoms. The fraction of sp³-hybridized carbons (Fsp3) is 0.269. The van der Waals surface area contributed by atoms with Gasteiger partial charge >= 0.3 is 0 Å². The molecule has 2 aliphatic carbocycles. The minimum absolute atomic E-state index is 0.0841. The van der Waals surface area contributed by atoms with Crippen LogP contribution in [0.2, 0.25) is 0 Å². The number of benzene rings is 2. The van der Waals surface area contributed by atoms with Crippen LogP contribution in [0.1, 0.15) is 42.0 Å². The molecule has 3 atom stereocenters. The zero-order valence-corrected chi connectivity index (χ0v) is 18.1. The monoisotopic (exact) mass is 430 g/mol. The predicted molar refractivity (Wildman–Crippen MR) is 123 cm³/mol. The second-order valence-corrected chi connectivity index (χ2v) is 10.1. The zero-order valence-electron chi connectivity index (χ0n) is 17.3. The minimum atomic E-state index is -0.470. The molecule has 0 unspecified atom stereocenters. The van der Waals surface area contributed by atoms with Gasteiger partial charge in [0, 0.05) is 9.58 Å². The van der Waals surface area contributed by atoms with Gasteiger partial charge in [0.25, 0.3) is 0 Å². The number of aromatic nitrogens is 2. The average Bonchev–Trinajstić information content (AvgIpc) is 3.46. The number of hydrogen-bond acceptors (Lipinski definition) is 3. The number of thiophene rings is 1. The zero-order chi connectivity index (χ0) is 21.2. The largest absolute Gasteiger partial charge is 0.387 e. The first-order chi connectivity index (χ1) is 15.0. The molecule has 0 saturated heterocycles. The highest BCUT2D eigenvalue weighted by Crippen LogP contribution is 2.57. The van der Waals surface area contributed by atoms with E-state index < -0.39 is 6.10 Å². The summed E-state index contributed by atoms with van der Waals surface area (Å²) in [6.07, 6.45) is 6.54. The maximum atomic E-state index is 13.4. The summed E-state index contributed by atoms with van der Waals surface area (Å²) in [7, 11) is 0. The Hall–Kier alpha value is -2.76. The van der Waals surface area contributed by atoms with Crippen LogP contribution in [0.15, 0.2) is 66.4 Å². The van der Waals surface area contributed by atoms with Crippen LogP contribution >= 0.6 is 11.3 Å². The summed E-state index contributed by atoms with van der Waals surface area (Å²) in [6, 6.07) is 16.9. The summed E-state index contributed by atoms with van der Waals surface area (Å²) in [6.45, 7) is 2.30. The summed E-state index contributed by atoms with van der Waals surface area (Å²) >= 11 is 1.70. The Morgan fingerprint density at radius 1 is 1.19 bits per heavy atom. The van der Waals surface area contributed by atoms with Gasteiger partial charge in [-0.2, -0.15) is 5.10 Å². The normalized spacial score (nSPS) is 23.5. The first-order valence-electron chi connectivity index (χ1n) is 10.7. The third-order valence-electron chi connectivity index (χ3n) is 7.22. The summed E-state index contributed by atoms with van der Waals surface area (Å²) in [5.74, 6) is -0.0707. The van der Waals surface area contributed by atoms with E-state index in [1.54, 1.807) is 23.5 Å². The van der Waals surface area contributed by atoms with Crippen molar-refractivity contribution in [2.75, 3.05) is 0 Å². The highest BCUT2D eigenvalue weighted by molar-refractivity contribution is 7.19. The number of rotatable bonds is 3. The van der Waals surface area contributed by atoms with Crippen molar-refractivity contribution >= 4 is 27.5 Å². The van der Waals surface area contributed by atoms with Gasteiger partial charge < -0.3 is 5.11 Å². The van der Waals surface area contributed by atoms with Crippen molar-refractivity contribution in [2.45, 2.75) is 32.3 Å². The molecule has 4 aromatic rings. The van der Waals surface area contributed by atoms with Crippen LogP contribution in [0.3, 0.4) is 0 Å². The molecule has 1 N–H and O–H groups in total. The Bertz CT molecular complexity index is 1290. The lowest BCUT2D eigenvalue weighted by Crippen LogP contribution is -2.32. The second kappa shape index (κ2) is 6.87. The molecule has 31 heavy (non-hydrogen) atoms. The number of aliphatic hydroxyl groups is 1. The maximum Gasteiger partial charge on any atom is 0.123 e. The smallest absolute Gasteiger partial charge is 0.123 e. The van der Waals surface area contributed by atoms with Crippen molar-refractivity contribution < 1.29 is 9.50 Å². The van der Waals surface area contributed by atoms with Crippen molar-refractivity contribution in [3.05, 3.63) is 88.3 Å². The van der Waals surface area contributed by atoms with E-state index in [0.717, 1.165) is 35.5 Å². The minimum Gasteiger partial charge on any atom is -0.387 e. The highest BCUT2D eigenvalue weighted by atomic mass is 32.1. The fourth-order valence-corrected chi connectivity index (χ4v) is 6.63. The molecule has 2 aromatic carbocycles. The van der Waals surface area contributed by atoms with Crippen molar-refractivity contribution in [1.29, 1.82) is 0 Å². The molecule has 0 amide bonds. The number of hydrogen-bond donors (Lipinski definition) is 1. The molecular formula is C26H23FN2OS. The number of aliphatic hydroxyl groups excluding tert-OH is 1. The Balaban J connectivity index is 1.35. The van der Waals surface area contributed by atoms with Crippen LogP contribution in [-0.4, -0.2) is 14.9 Å². The Morgan fingerprint density at radius 2 is 2.00 bits per heavy atom. The first-order valence-corrected chi connectivity index (χ1v) is 11.5. The SMILES string of the molecule is C[C@]12Cc3cnn(-c4ccc(F)cc4)c3C=C1CC[C@@H]2[C@H](O)c1cc2ccccc2s1. The van der Waals surface area contributed by atoms with E-state index in [1.165, 1.54) is 33.4 Å². The van der Waals surface area contributed by atoms with E-state index in [9.17, 15) is 9.50 Å². The van der Waals surface area contributed by atoms with Gasteiger partial charge in [0.05, 0.1) is 23.7 Å². The molecule has 5 heteroatoms. The lowest BCUT2D eigenvalue weighted by molar-refractivity contribution is 0.0583. The fourth-order valence-electron chi connectivity index (χ4n) is 5.52. The molecule has 6 rings (SSSR count). The molecule has 0 radical (unpaired) electrons. The topological polar surface area (TPSA) is 38.0 Å². The van der Waals surface area contributed by atoms with E-state index in [2.05, 4.69) is 36.3 Å². The van der Waals surface area contributed by atoms with Crippen LogP contribution in [0, 0.1) is 17.2 Å². The Morgan fingerprint density at radius 3 is 2.81 bits per heavy atom. The molecule has 1 fully saturated rings. The van der Waals surface area contributed by atoms with Gasteiger partial charge in [-0.25, -0.2) is 9.07 Å². The van der Waals surface area contributed by atoms with Gasteiger partial charge in [-0.3, -0.25) is 0 Å². The molecule has 0 aliphatic heterocycles. The van der Waals surface area contributed by atoms with Gasteiger partial charge in [-0.05, 0) is 84.0 Å². The van der Waals surface area contributed by atoms with E-state index in [4.69, 9.17) is 0 Å². The maximum absolute atomic E-state index is 13.4. The quantitative estimate of drug-likeness (QED) is 0.413. The molecule has 156 valence electrons. The molecule has 0 spiro atoms. The van der Waals surface area contributed by atoms with Crippen LogP contribution in [0.25, 0.3) is 21.8 Å². The molecule has 2 aromatic heterocycles. The van der Waals surface area contributed by atoms with Crippen molar-refractivity contribution in [1.82, 2.24) is 9.78 Å². The van der Waals surface area contributed by atoms with E-state index >= 15 is 0 Å².